The number of rotatable bonds is 4. The van der Waals surface area contributed by atoms with Crippen LogP contribution in [-0.2, 0) is 11.3 Å². The van der Waals surface area contributed by atoms with E-state index >= 15 is 0 Å². The first-order chi connectivity index (χ1) is 11.6. The Morgan fingerprint density at radius 3 is 2.71 bits per heavy atom. The zero-order valence-corrected chi connectivity index (χ0v) is 14.1. The van der Waals surface area contributed by atoms with E-state index in [4.69, 9.17) is 10.5 Å². The Morgan fingerprint density at radius 1 is 1.29 bits per heavy atom. The summed E-state index contributed by atoms with van der Waals surface area (Å²) in [6.07, 6.45) is 0.784. The molecule has 0 aromatic heterocycles. The number of nitrogens with zero attached hydrogens (tertiary/aromatic N) is 1. The molecule has 1 aliphatic heterocycles. The number of ether oxygens (including phenoxy) is 1. The summed E-state index contributed by atoms with van der Waals surface area (Å²) in [6.45, 7) is 0.395. The molecular formula is C18H18N2O3S. The van der Waals surface area contributed by atoms with Gasteiger partial charge in [-0.05, 0) is 29.8 Å². The standard InChI is InChI=1S/C18H18N2O3S/c1-23-14-5-2-12(3-6-14)9-20-16-8-13(10-21)4-7-17(16)24-11-15(19)18(20)22/h2-8,10,15H,9,11,19H2,1H3/t15-/m0/s1. The third-order valence-corrected chi connectivity index (χ3v) is 5.09. The zero-order chi connectivity index (χ0) is 17.1. The third kappa shape index (κ3) is 3.29. The average Bonchev–Trinajstić information content (AvgIpc) is 2.74. The van der Waals surface area contributed by atoms with Gasteiger partial charge in [-0.2, -0.15) is 0 Å². The van der Waals surface area contributed by atoms with Gasteiger partial charge in [-0.25, -0.2) is 0 Å². The van der Waals surface area contributed by atoms with Crippen LogP contribution in [0.3, 0.4) is 0 Å². The van der Waals surface area contributed by atoms with Gasteiger partial charge in [-0.1, -0.05) is 18.2 Å². The smallest absolute Gasteiger partial charge is 0.245 e. The molecule has 2 aromatic carbocycles. The number of fused-ring (bicyclic) bond motifs is 1. The molecule has 3 rings (SSSR count). The van der Waals surface area contributed by atoms with Crippen LogP contribution in [0.4, 0.5) is 5.69 Å². The molecule has 1 atom stereocenters. The largest absolute Gasteiger partial charge is 0.497 e. The first kappa shape index (κ1) is 16.5. The van der Waals surface area contributed by atoms with Crippen molar-refractivity contribution in [3.05, 3.63) is 53.6 Å². The van der Waals surface area contributed by atoms with Crippen molar-refractivity contribution in [2.75, 3.05) is 17.8 Å². The zero-order valence-electron chi connectivity index (χ0n) is 13.3. The van der Waals surface area contributed by atoms with Crippen molar-refractivity contribution >= 4 is 29.6 Å². The molecule has 5 nitrogen and oxygen atoms in total. The maximum Gasteiger partial charge on any atom is 0.245 e. The maximum atomic E-state index is 12.7. The molecule has 1 amide bonds. The van der Waals surface area contributed by atoms with Crippen LogP contribution < -0.4 is 15.4 Å². The summed E-state index contributed by atoms with van der Waals surface area (Å²) in [6, 6.07) is 12.3. The first-order valence-corrected chi connectivity index (χ1v) is 8.53. The molecule has 0 bridgehead atoms. The SMILES string of the molecule is COc1ccc(CN2C(=O)[C@@H](N)CSc3ccc(C=O)cc32)cc1. The number of carbonyl (C=O) groups is 2. The Balaban J connectivity index is 1.99. The van der Waals surface area contributed by atoms with Crippen molar-refractivity contribution in [2.45, 2.75) is 17.5 Å². The number of hydrogen-bond donors (Lipinski definition) is 1. The van der Waals surface area contributed by atoms with Crippen molar-refractivity contribution in [3.8, 4) is 5.75 Å². The minimum absolute atomic E-state index is 0.139. The number of methoxy groups -OCH3 is 1. The van der Waals surface area contributed by atoms with Crippen molar-refractivity contribution in [3.63, 3.8) is 0 Å². The number of hydrogen-bond acceptors (Lipinski definition) is 5. The lowest BCUT2D eigenvalue weighted by molar-refractivity contribution is -0.119. The molecule has 6 heteroatoms. The summed E-state index contributed by atoms with van der Waals surface area (Å²) >= 11 is 1.54. The van der Waals surface area contributed by atoms with E-state index in [0.29, 0.717) is 17.9 Å². The summed E-state index contributed by atoms with van der Waals surface area (Å²) in [4.78, 5) is 26.4. The molecule has 0 aliphatic carbocycles. The molecule has 0 spiro atoms. The van der Waals surface area contributed by atoms with E-state index in [1.54, 1.807) is 24.1 Å². The molecule has 124 valence electrons. The van der Waals surface area contributed by atoms with Gasteiger partial charge in [0.05, 0.1) is 25.4 Å². The molecule has 0 saturated carbocycles. The van der Waals surface area contributed by atoms with Crippen LogP contribution in [0.15, 0.2) is 47.4 Å². The van der Waals surface area contributed by atoms with Crippen LogP contribution in [0.25, 0.3) is 0 Å². The van der Waals surface area contributed by atoms with Gasteiger partial charge >= 0.3 is 0 Å². The van der Waals surface area contributed by atoms with Crippen LogP contribution in [0, 0.1) is 0 Å². The minimum Gasteiger partial charge on any atom is -0.497 e. The Bertz CT molecular complexity index is 761. The minimum atomic E-state index is -0.569. The highest BCUT2D eigenvalue weighted by Crippen LogP contribution is 2.35. The van der Waals surface area contributed by atoms with Crippen LogP contribution in [0.2, 0.25) is 0 Å². The number of amides is 1. The number of benzene rings is 2. The quantitative estimate of drug-likeness (QED) is 0.864. The number of thioether (sulfide) groups is 1. The lowest BCUT2D eigenvalue weighted by Crippen LogP contribution is -2.44. The lowest BCUT2D eigenvalue weighted by Gasteiger charge is -2.24. The summed E-state index contributed by atoms with van der Waals surface area (Å²) in [5.41, 5.74) is 8.25. The highest BCUT2D eigenvalue weighted by Gasteiger charge is 2.28. The van der Waals surface area contributed by atoms with Crippen LogP contribution in [0.1, 0.15) is 15.9 Å². The molecular weight excluding hydrogens is 324 g/mol. The molecule has 0 radical (unpaired) electrons. The Labute approximate surface area is 144 Å². The predicted octanol–water partition coefficient (Wildman–Crippen LogP) is 2.47. The Morgan fingerprint density at radius 2 is 2.04 bits per heavy atom. The molecule has 0 unspecified atom stereocenters. The van der Waals surface area contributed by atoms with Gasteiger partial charge in [0.25, 0.3) is 0 Å². The van der Waals surface area contributed by atoms with Crippen LogP contribution in [-0.4, -0.2) is 31.1 Å². The van der Waals surface area contributed by atoms with Gasteiger partial charge < -0.3 is 15.4 Å². The lowest BCUT2D eigenvalue weighted by atomic mass is 10.1. The number of carbonyl (C=O) groups excluding carboxylic acids is 2. The highest BCUT2D eigenvalue weighted by atomic mass is 32.2. The normalized spacial score (nSPS) is 17.2. The molecule has 0 fully saturated rings. The van der Waals surface area contributed by atoms with E-state index in [1.165, 1.54) is 11.8 Å². The summed E-state index contributed by atoms with van der Waals surface area (Å²) in [7, 11) is 1.61. The fourth-order valence-electron chi connectivity index (χ4n) is 2.59. The monoisotopic (exact) mass is 342 g/mol. The molecule has 1 aliphatic rings. The predicted molar refractivity (Wildman–Crippen MR) is 94.7 cm³/mol. The number of anilines is 1. The summed E-state index contributed by atoms with van der Waals surface area (Å²) in [5, 5.41) is 0. The van der Waals surface area contributed by atoms with E-state index in [2.05, 4.69) is 0 Å². The van der Waals surface area contributed by atoms with Crippen molar-refractivity contribution in [1.82, 2.24) is 0 Å². The van der Waals surface area contributed by atoms with E-state index in [0.717, 1.165) is 28.2 Å². The summed E-state index contributed by atoms with van der Waals surface area (Å²) in [5.74, 6) is 1.14. The molecule has 1 heterocycles. The average molecular weight is 342 g/mol. The van der Waals surface area contributed by atoms with Gasteiger partial charge in [0, 0.05) is 16.2 Å². The van der Waals surface area contributed by atoms with Gasteiger partial charge in [0.1, 0.15) is 12.0 Å². The highest BCUT2D eigenvalue weighted by molar-refractivity contribution is 7.99. The second kappa shape index (κ2) is 7.07. The van der Waals surface area contributed by atoms with E-state index in [1.807, 2.05) is 30.3 Å². The first-order valence-electron chi connectivity index (χ1n) is 7.54. The fourth-order valence-corrected chi connectivity index (χ4v) is 3.57. The van der Waals surface area contributed by atoms with E-state index < -0.39 is 6.04 Å². The van der Waals surface area contributed by atoms with Gasteiger partial charge in [-0.15, -0.1) is 11.8 Å². The molecule has 2 N–H and O–H groups in total. The molecule has 2 aromatic rings. The number of aldehydes is 1. The van der Waals surface area contributed by atoms with Crippen molar-refractivity contribution in [1.29, 1.82) is 0 Å². The van der Waals surface area contributed by atoms with Crippen molar-refractivity contribution < 1.29 is 14.3 Å². The topological polar surface area (TPSA) is 72.6 Å². The Kier molecular flexibility index (Phi) is 4.87. The third-order valence-electron chi connectivity index (χ3n) is 3.91. The van der Waals surface area contributed by atoms with Gasteiger partial charge in [0.2, 0.25) is 5.91 Å². The van der Waals surface area contributed by atoms with Crippen LogP contribution in [0.5, 0.6) is 5.75 Å². The van der Waals surface area contributed by atoms with E-state index in [9.17, 15) is 9.59 Å². The van der Waals surface area contributed by atoms with Gasteiger partial charge in [0.15, 0.2) is 0 Å². The maximum absolute atomic E-state index is 12.7. The second-order valence-electron chi connectivity index (χ2n) is 5.53. The summed E-state index contributed by atoms with van der Waals surface area (Å²) < 4.78 is 5.16. The Hall–Kier alpha value is -2.31. The van der Waals surface area contributed by atoms with Crippen molar-refractivity contribution in [2.24, 2.45) is 5.73 Å². The van der Waals surface area contributed by atoms with Gasteiger partial charge in [-0.3, -0.25) is 9.59 Å². The van der Waals surface area contributed by atoms with E-state index in [-0.39, 0.29) is 5.91 Å². The van der Waals surface area contributed by atoms with Crippen LogP contribution >= 0.6 is 11.8 Å². The second-order valence-corrected chi connectivity index (χ2v) is 6.60. The molecule has 24 heavy (non-hydrogen) atoms. The number of nitrogens with two attached hydrogens (primary N) is 1. The fraction of sp³-hybridized carbons (Fsp3) is 0.222. The molecule has 0 saturated heterocycles.